The van der Waals surface area contributed by atoms with Crippen LogP contribution in [0, 0.1) is 0 Å². The third kappa shape index (κ3) is 9.02. The molecule has 14 heteroatoms. The monoisotopic (exact) mass is 1410 g/mol. The quantitative estimate of drug-likeness (QED) is 0.0841. The Morgan fingerprint density at radius 3 is 1.00 bits per heavy atom. The Balaban J connectivity index is 0.763. The molecule has 22 rings (SSSR count). The molecule has 0 saturated carbocycles. The minimum absolute atomic E-state index is 0.490. The van der Waals surface area contributed by atoms with Gasteiger partial charge in [0.25, 0.3) is 0 Å². The zero-order valence-electron chi connectivity index (χ0n) is 58.2. The summed E-state index contributed by atoms with van der Waals surface area (Å²) in [6, 6.07) is 136. The van der Waals surface area contributed by atoms with E-state index in [-0.39, 0.29) is 0 Å². The SMILES string of the molecule is c1ccc([Si](c2ccccc2)(c2ccccc2)c2cc(-n3c4ccccc4c4cc(-c5ccc6nc7n(-c8nc(-n9c%10ccccc%10n%10c%11ccccc%11nc9%10)cc([Si](c9ccccc9)(c9ccccc9)c9ccccc9)n8)c8ccccc8n7c6c5)ccc43)nc(-n3c4ccccc4c4ccccc43)n2)cc1. The molecular weight excluding hydrogens is 1350 g/mol. The molecule has 0 fully saturated rings. The number of para-hydroxylation sites is 9. The summed E-state index contributed by atoms with van der Waals surface area (Å²) < 4.78 is 13.6. The van der Waals surface area contributed by atoms with E-state index in [1.54, 1.807) is 0 Å². The molecule has 506 valence electrons. The van der Waals surface area contributed by atoms with E-state index in [2.05, 4.69) is 403 Å². The molecule has 8 aromatic heterocycles. The van der Waals surface area contributed by atoms with E-state index in [0.29, 0.717) is 23.5 Å². The average Bonchev–Trinajstić information content (AvgIpc) is 1.46. The standard InChI is InChI=1S/C94H62N12Si2/c1-7-31-65(32-8-1)107(66-33-9-2-10-34-66,67-35-11-3-12-36-67)89-61-87(97-91(99-89)102-78-48-24-19-43-71(78)72-44-20-25-49-79(72)102)101-77-47-23-21-45-73(77)74-59-63(56-58-80(74)101)64-55-57-76-86(60-64)104-83-52-28-30-54-85(83)106(94(104)96-76)92-98-88(105-84-53-29-27-51-82(84)103-81-50-26-22-46-75(81)95-93(103)105)62-90(100-92)108(68-37-13-4-14-38-68,69-39-15-5-16-40-69)70-41-17-6-18-42-70/h1-62H. The molecule has 0 spiro atoms. The van der Waals surface area contributed by atoms with E-state index < -0.39 is 16.1 Å². The van der Waals surface area contributed by atoms with Crippen molar-refractivity contribution in [1.29, 1.82) is 0 Å². The Morgan fingerprint density at radius 2 is 0.519 bits per heavy atom. The molecule has 0 aliphatic heterocycles. The van der Waals surface area contributed by atoms with Crippen LogP contribution >= 0.6 is 0 Å². The van der Waals surface area contributed by atoms with Gasteiger partial charge in [-0.1, -0.05) is 285 Å². The van der Waals surface area contributed by atoms with Crippen LogP contribution in [0.5, 0.6) is 0 Å². The number of nitrogens with zero attached hydrogens (tertiary/aromatic N) is 12. The first kappa shape index (κ1) is 61.3. The van der Waals surface area contributed by atoms with Crippen LogP contribution in [0.15, 0.2) is 376 Å². The van der Waals surface area contributed by atoms with Gasteiger partial charge in [0.1, 0.15) is 11.6 Å². The van der Waals surface area contributed by atoms with Crippen LogP contribution in [0.4, 0.5) is 0 Å². The van der Waals surface area contributed by atoms with Gasteiger partial charge < -0.3 is 0 Å². The first-order valence-corrected chi connectivity index (χ1v) is 40.5. The lowest BCUT2D eigenvalue weighted by atomic mass is 10.0. The number of imidazole rings is 4. The van der Waals surface area contributed by atoms with Crippen molar-refractivity contribution in [2.24, 2.45) is 0 Å². The van der Waals surface area contributed by atoms with Crippen molar-refractivity contribution in [3.63, 3.8) is 0 Å². The smallest absolute Gasteiger partial charge is 0.238 e. The fourth-order valence-electron chi connectivity index (χ4n) is 17.6. The molecule has 0 N–H and O–H groups in total. The van der Waals surface area contributed by atoms with E-state index >= 15 is 0 Å². The highest BCUT2D eigenvalue weighted by Crippen LogP contribution is 2.39. The minimum Gasteiger partial charge on any atom is -0.294 e. The minimum atomic E-state index is -3.34. The van der Waals surface area contributed by atoms with Crippen molar-refractivity contribution in [2.45, 2.75) is 0 Å². The van der Waals surface area contributed by atoms with Gasteiger partial charge in [0.15, 0.2) is 0 Å². The van der Waals surface area contributed by atoms with Gasteiger partial charge in [0.2, 0.25) is 39.6 Å². The fraction of sp³-hybridized carbons (Fsp3) is 0. The predicted octanol–water partition coefficient (Wildman–Crippen LogP) is 15.4. The molecule has 0 amide bonds. The van der Waals surface area contributed by atoms with Gasteiger partial charge in [0, 0.05) is 38.2 Å². The topological polar surface area (TPSA) is 106 Å². The lowest BCUT2D eigenvalue weighted by Crippen LogP contribution is -2.75. The van der Waals surface area contributed by atoms with Crippen molar-refractivity contribution >= 4 is 157 Å². The third-order valence-corrected chi connectivity index (χ3v) is 31.4. The van der Waals surface area contributed by atoms with E-state index in [0.717, 1.165) is 121 Å². The number of aromatic nitrogens is 12. The summed E-state index contributed by atoms with van der Waals surface area (Å²) in [7, 11) is -6.61. The van der Waals surface area contributed by atoms with E-state index in [1.165, 1.54) is 31.1 Å². The number of benzene rings is 14. The molecule has 0 atom stereocenters. The molecule has 12 nitrogen and oxygen atoms in total. The van der Waals surface area contributed by atoms with Gasteiger partial charge in [-0.3, -0.25) is 22.5 Å². The van der Waals surface area contributed by atoms with Crippen LogP contribution < -0.4 is 41.8 Å². The second kappa shape index (κ2) is 24.2. The van der Waals surface area contributed by atoms with Crippen LogP contribution in [0.3, 0.4) is 0 Å². The lowest BCUT2D eigenvalue weighted by Gasteiger charge is -2.33. The maximum absolute atomic E-state index is 6.01. The number of hydrogen-bond donors (Lipinski definition) is 0. The summed E-state index contributed by atoms with van der Waals surface area (Å²) in [4.78, 5) is 34.7. The zero-order chi connectivity index (χ0) is 71.0. The first-order chi connectivity index (χ1) is 53.6. The fourth-order valence-corrected chi connectivity index (χ4v) is 26.7. The van der Waals surface area contributed by atoms with Gasteiger partial charge in [-0.25, -0.2) is 24.5 Å². The van der Waals surface area contributed by atoms with Crippen LogP contribution in [-0.2, 0) is 0 Å². The molecule has 0 saturated heterocycles. The van der Waals surface area contributed by atoms with Gasteiger partial charge >= 0.3 is 0 Å². The van der Waals surface area contributed by atoms with Crippen molar-refractivity contribution in [3.05, 3.63) is 376 Å². The molecule has 108 heavy (non-hydrogen) atoms. The first-order valence-electron chi connectivity index (χ1n) is 36.5. The van der Waals surface area contributed by atoms with Crippen molar-refractivity contribution in [2.75, 3.05) is 0 Å². The highest BCUT2D eigenvalue weighted by Gasteiger charge is 2.46. The number of fused-ring (bicyclic) bond motifs is 16. The van der Waals surface area contributed by atoms with Gasteiger partial charge in [0.05, 0.1) is 66.2 Å². The maximum Gasteiger partial charge on any atom is 0.238 e. The molecule has 0 radical (unpaired) electrons. The second-order valence-electron chi connectivity index (χ2n) is 27.8. The van der Waals surface area contributed by atoms with Crippen molar-refractivity contribution in [3.8, 4) is 34.7 Å². The molecule has 0 aliphatic rings. The largest absolute Gasteiger partial charge is 0.294 e. The van der Waals surface area contributed by atoms with Crippen LogP contribution in [0.1, 0.15) is 0 Å². The Bertz CT molecular complexity index is 7060. The second-order valence-corrected chi connectivity index (χ2v) is 35.3. The summed E-state index contributed by atoms with van der Waals surface area (Å²) in [6.07, 6.45) is 0. The molecule has 8 heterocycles. The lowest BCUT2D eigenvalue weighted by molar-refractivity contribution is 0.936. The van der Waals surface area contributed by atoms with E-state index in [1.807, 2.05) is 0 Å². The summed E-state index contributed by atoms with van der Waals surface area (Å²) in [5.74, 6) is 4.00. The normalized spacial score (nSPS) is 12.3. The Kier molecular flexibility index (Phi) is 13.7. The summed E-state index contributed by atoms with van der Waals surface area (Å²) in [6.45, 7) is 0. The molecule has 14 aromatic carbocycles. The van der Waals surface area contributed by atoms with Crippen LogP contribution in [-0.4, -0.2) is 73.1 Å². The van der Waals surface area contributed by atoms with E-state index in [9.17, 15) is 0 Å². The summed E-state index contributed by atoms with van der Waals surface area (Å²) in [5.41, 5.74) is 13.8. The summed E-state index contributed by atoms with van der Waals surface area (Å²) in [5, 5.41) is 13.6. The van der Waals surface area contributed by atoms with Crippen LogP contribution in [0.25, 0.3) is 134 Å². The Labute approximate surface area is 621 Å². The maximum atomic E-state index is 6.01. The number of hydrogen-bond acceptors (Lipinski definition) is 6. The highest BCUT2D eigenvalue weighted by molar-refractivity contribution is 7.20. The van der Waals surface area contributed by atoms with Gasteiger partial charge in [-0.05, 0) is 127 Å². The number of rotatable bonds is 13. The van der Waals surface area contributed by atoms with Crippen molar-refractivity contribution < 1.29 is 0 Å². The molecule has 0 bridgehead atoms. The summed E-state index contributed by atoms with van der Waals surface area (Å²) >= 11 is 0. The Hall–Kier alpha value is -14.2. The third-order valence-electron chi connectivity index (χ3n) is 22.2. The van der Waals surface area contributed by atoms with Crippen LogP contribution in [0.2, 0.25) is 0 Å². The zero-order valence-corrected chi connectivity index (χ0v) is 60.2. The molecule has 0 unspecified atom stereocenters. The molecule has 22 aromatic rings. The predicted molar refractivity (Wildman–Crippen MR) is 445 cm³/mol. The van der Waals surface area contributed by atoms with E-state index in [4.69, 9.17) is 29.9 Å². The van der Waals surface area contributed by atoms with Crippen molar-refractivity contribution in [1.82, 2.24) is 57.0 Å². The average molecular weight is 1420 g/mol. The van der Waals surface area contributed by atoms with Gasteiger partial charge in [-0.2, -0.15) is 9.97 Å². The molecular formula is C94H62N12Si2. The highest BCUT2D eigenvalue weighted by atomic mass is 28.3. The van der Waals surface area contributed by atoms with Gasteiger partial charge in [-0.15, -0.1) is 0 Å². The Morgan fingerprint density at radius 1 is 0.194 bits per heavy atom. The molecule has 0 aliphatic carbocycles.